The minimum Gasteiger partial charge on any atom is -0.439 e. The Bertz CT molecular complexity index is 941. The topological polar surface area (TPSA) is 35.0 Å². The summed E-state index contributed by atoms with van der Waals surface area (Å²) < 4.78 is 5.94. The van der Waals surface area contributed by atoms with Crippen molar-refractivity contribution in [1.82, 2.24) is 9.97 Å². The van der Waals surface area contributed by atoms with Crippen LogP contribution in [0.5, 0.6) is 11.6 Å². The first kappa shape index (κ1) is 20.0. The van der Waals surface area contributed by atoms with Crippen molar-refractivity contribution < 1.29 is 4.74 Å². The summed E-state index contributed by atoms with van der Waals surface area (Å²) in [5, 5.41) is 2.01. The molecule has 0 atom stereocenters. The van der Waals surface area contributed by atoms with Gasteiger partial charge in [0, 0.05) is 27.3 Å². The fourth-order valence-electron chi connectivity index (χ4n) is 2.33. The van der Waals surface area contributed by atoms with Crippen LogP contribution in [-0.4, -0.2) is 9.97 Å². The molecule has 27 heavy (non-hydrogen) atoms. The first-order valence-electron chi connectivity index (χ1n) is 8.50. The Morgan fingerprint density at radius 3 is 2.30 bits per heavy atom. The minimum atomic E-state index is -0.124. The van der Waals surface area contributed by atoms with Crippen molar-refractivity contribution in [2.75, 3.05) is 0 Å². The van der Waals surface area contributed by atoms with Gasteiger partial charge in [0.1, 0.15) is 5.75 Å². The monoisotopic (exact) mass is 418 g/mol. The molecule has 0 saturated carbocycles. The molecule has 0 radical (unpaired) electrons. The third-order valence-electron chi connectivity index (χ3n) is 3.73. The van der Waals surface area contributed by atoms with E-state index in [9.17, 15) is 0 Å². The van der Waals surface area contributed by atoms with Crippen molar-refractivity contribution >= 4 is 35.0 Å². The van der Waals surface area contributed by atoms with Crippen LogP contribution in [0, 0.1) is 0 Å². The standard InChI is InChI=1S/C21H20Cl2N2OS/c1-21(2,3)18-12-19(26-17-9-5-8-16(23)11-17)25-20(24-18)27-13-14-6-4-7-15(22)10-14/h4-12H,13H2,1-3H3. The molecule has 3 rings (SSSR count). The van der Waals surface area contributed by atoms with Gasteiger partial charge in [0.05, 0.1) is 5.69 Å². The van der Waals surface area contributed by atoms with Gasteiger partial charge in [0.25, 0.3) is 0 Å². The van der Waals surface area contributed by atoms with Crippen LogP contribution in [0.25, 0.3) is 0 Å². The lowest BCUT2D eigenvalue weighted by Crippen LogP contribution is -2.14. The summed E-state index contributed by atoms with van der Waals surface area (Å²) in [6, 6.07) is 16.9. The number of benzene rings is 2. The van der Waals surface area contributed by atoms with Crippen LogP contribution in [0.3, 0.4) is 0 Å². The van der Waals surface area contributed by atoms with Crippen LogP contribution < -0.4 is 4.74 Å². The molecule has 0 aliphatic carbocycles. The highest BCUT2D eigenvalue weighted by atomic mass is 35.5. The molecule has 0 spiro atoms. The summed E-state index contributed by atoms with van der Waals surface area (Å²) in [5.41, 5.74) is 1.92. The van der Waals surface area contributed by atoms with E-state index in [0.717, 1.165) is 22.0 Å². The summed E-state index contributed by atoms with van der Waals surface area (Å²) in [6.07, 6.45) is 0. The number of hydrogen-bond acceptors (Lipinski definition) is 4. The van der Waals surface area contributed by atoms with Gasteiger partial charge in [-0.2, -0.15) is 4.98 Å². The maximum atomic E-state index is 6.07. The second-order valence-corrected chi connectivity index (χ2v) is 8.92. The van der Waals surface area contributed by atoms with Crippen LogP contribution in [0.15, 0.2) is 59.8 Å². The number of thioether (sulfide) groups is 1. The molecule has 0 unspecified atom stereocenters. The minimum absolute atomic E-state index is 0.124. The molecule has 0 N–H and O–H groups in total. The van der Waals surface area contributed by atoms with Crippen molar-refractivity contribution in [1.29, 1.82) is 0 Å². The zero-order valence-corrected chi connectivity index (χ0v) is 17.7. The Kier molecular flexibility index (Phi) is 6.30. The summed E-state index contributed by atoms with van der Waals surface area (Å²) in [7, 11) is 0. The van der Waals surface area contributed by atoms with E-state index in [0.29, 0.717) is 21.8 Å². The normalized spacial score (nSPS) is 11.4. The largest absolute Gasteiger partial charge is 0.439 e. The smallest absolute Gasteiger partial charge is 0.223 e. The molecule has 0 saturated heterocycles. The second-order valence-electron chi connectivity index (χ2n) is 7.10. The summed E-state index contributed by atoms with van der Waals surface area (Å²) >= 11 is 13.7. The van der Waals surface area contributed by atoms with Crippen molar-refractivity contribution in [2.45, 2.75) is 37.1 Å². The predicted molar refractivity (Wildman–Crippen MR) is 113 cm³/mol. The highest BCUT2D eigenvalue weighted by molar-refractivity contribution is 7.98. The van der Waals surface area contributed by atoms with Gasteiger partial charge in [-0.15, -0.1) is 0 Å². The van der Waals surface area contributed by atoms with Gasteiger partial charge in [-0.25, -0.2) is 4.98 Å². The fourth-order valence-corrected chi connectivity index (χ4v) is 3.52. The molecule has 0 aliphatic rings. The third kappa shape index (κ3) is 5.86. The molecule has 3 nitrogen and oxygen atoms in total. The predicted octanol–water partition coefficient (Wildman–Crippen LogP) is 7.17. The lowest BCUT2D eigenvalue weighted by atomic mass is 9.92. The van der Waals surface area contributed by atoms with Gasteiger partial charge in [0.15, 0.2) is 5.16 Å². The van der Waals surface area contributed by atoms with Crippen LogP contribution in [-0.2, 0) is 11.2 Å². The lowest BCUT2D eigenvalue weighted by molar-refractivity contribution is 0.447. The molecular weight excluding hydrogens is 399 g/mol. The number of nitrogens with zero attached hydrogens (tertiary/aromatic N) is 2. The molecule has 0 fully saturated rings. The van der Waals surface area contributed by atoms with Crippen LogP contribution in [0.2, 0.25) is 10.0 Å². The summed E-state index contributed by atoms with van der Waals surface area (Å²) in [6.45, 7) is 6.34. The highest BCUT2D eigenvalue weighted by Crippen LogP contribution is 2.30. The molecule has 2 aromatic carbocycles. The highest BCUT2D eigenvalue weighted by Gasteiger charge is 2.19. The van der Waals surface area contributed by atoms with E-state index in [1.54, 1.807) is 23.9 Å². The number of aromatic nitrogens is 2. The molecule has 0 amide bonds. The zero-order valence-electron chi connectivity index (χ0n) is 15.4. The average Bonchev–Trinajstić information content (AvgIpc) is 2.59. The van der Waals surface area contributed by atoms with E-state index in [-0.39, 0.29) is 5.41 Å². The van der Waals surface area contributed by atoms with E-state index in [1.807, 2.05) is 42.5 Å². The lowest BCUT2D eigenvalue weighted by Gasteiger charge is -2.19. The van der Waals surface area contributed by atoms with Crippen molar-refractivity contribution in [3.8, 4) is 11.6 Å². The average molecular weight is 419 g/mol. The fraction of sp³-hybridized carbons (Fsp3) is 0.238. The van der Waals surface area contributed by atoms with Gasteiger partial charge < -0.3 is 4.74 Å². The van der Waals surface area contributed by atoms with Crippen LogP contribution in [0.4, 0.5) is 0 Å². The zero-order chi connectivity index (χ0) is 19.4. The van der Waals surface area contributed by atoms with E-state index < -0.39 is 0 Å². The van der Waals surface area contributed by atoms with Crippen LogP contribution >= 0.6 is 35.0 Å². The molecule has 1 aromatic heterocycles. The Hall–Kier alpha value is -1.75. The Morgan fingerprint density at radius 2 is 1.63 bits per heavy atom. The van der Waals surface area contributed by atoms with Gasteiger partial charge in [0.2, 0.25) is 5.88 Å². The van der Waals surface area contributed by atoms with Gasteiger partial charge >= 0.3 is 0 Å². The SMILES string of the molecule is CC(C)(C)c1cc(Oc2cccc(Cl)c2)nc(SCc2cccc(Cl)c2)n1. The first-order chi connectivity index (χ1) is 12.8. The molecule has 6 heteroatoms. The molecule has 1 heterocycles. The number of hydrogen-bond donors (Lipinski definition) is 0. The Labute approximate surface area is 174 Å². The van der Waals surface area contributed by atoms with Gasteiger partial charge in [-0.05, 0) is 35.9 Å². The molecule has 3 aromatic rings. The maximum absolute atomic E-state index is 6.07. The van der Waals surface area contributed by atoms with Crippen LogP contribution in [0.1, 0.15) is 32.0 Å². The number of rotatable bonds is 5. The van der Waals surface area contributed by atoms with Gasteiger partial charge in [-0.3, -0.25) is 0 Å². The second kappa shape index (κ2) is 8.51. The van der Waals surface area contributed by atoms with Crippen molar-refractivity contribution in [3.63, 3.8) is 0 Å². The molecule has 0 aliphatic heterocycles. The number of halogens is 2. The quantitative estimate of drug-likeness (QED) is 0.325. The van der Waals surface area contributed by atoms with Crippen molar-refractivity contribution in [3.05, 3.63) is 75.9 Å². The van der Waals surface area contributed by atoms with Gasteiger partial charge in [-0.1, -0.05) is 73.9 Å². The Morgan fingerprint density at radius 1 is 0.926 bits per heavy atom. The van der Waals surface area contributed by atoms with E-state index in [4.69, 9.17) is 32.9 Å². The summed E-state index contributed by atoms with van der Waals surface area (Å²) in [4.78, 5) is 9.28. The Balaban J connectivity index is 1.86. The van der Waals surface area contributed by atoms with E-state index in [2.05, 4.69) is 25.8 Å². The summed E-state index contributed by atoms with van der Waals surface area (Å²) in [5.74, 6) is 1.88. The third-order valence-corrected chi connectivity index (χ3v) is 5.11. The maximum Gasteiger partial charge on any atom is 0.223 e. The van der Waals surface area contributed by atoms with E-state index >= 15 is 0 Å². The molecular formula is C21H20Cl2N2OS. The first-order valence-corrected chi connectivity index (χ1v) is 10.2. The molecule has 0 bridgehead atoms. The van der Waals surface area contributed by atoms with Crippen molar-refractivity contribution in [2.24, 2.45) is 0 Å². The molecule has 140 valence electrons. The number of ether oxygens (including phenoxy) is 1. The van der Waals surface area contributed by atoms with E-state index in [1.165, 1.54) is 0 Å².